The Morgan fingerprint density at radius 2 is 1.72 bits per heavy atom. The summed E-state index contributed by atoms with van der Waals surface area (Å²) in [5.74, 6) is 0.619. The zero-order valence-corrected chi connectivity index (χ0v) is 13.9. The van der Waals surface area contributed by atoms with E-state index in [-0.39, 0.29) is 5.69 Å². The van der Waals surface area contributed by atoms with Crippen LogP contribution in [0.1, 0.15) is 25.3 Å². The summed E-state index contributed by atoms with van der Waals surface area (Å²) < 4.78 is 10.7. The quantitative estimate of drug-likeness (QED) is 0.178. The highest BCUT2D eigenvalue weighted by Crippen LogP contribution is 2.18. The summed E-state index contributed by atoms with van der Waals surface area (Å²) in [5.41, 5.74) is 0.670. The van der Waals surface area contributed by atoms with Crippen molar-refractivity contribution in [2.24, 2.45) is 0 Å². The largest absolute Gasteiger partial charge is 0.494 e. The number of ether oxygens (including phenoxy) is 2. The molecule has 0 aliphatic rings. The van der Waals surface area contributed by atoms with E-state index < -0.39 is 10.9 Å². The van der Waals surface area contributed by atoms with Gasteiger partial charge in [0.2, 0.25) is 0 Å². The Labute approximate surface area is 145 Å². The van der Waals surface area contributed by atoms with E-state index in [2.05, 4.69) is 6.92 Å². The van der Waals surface area contributed by atoms with Gasteiger partial charge in [-0.05, 0) is 54.5 Å². The summed E-state index contributed by atoms with van der Waals surface area (Å²) in [5, 5.41) is 10.6. The van der Waals surface area contributed by atoms with Crippen molar-refractivity contribution in [3.63, 3.8) is 0 Å². The van der Waals surface area contributed by atoms with Crippen LogP contribution in [0.15, 0.2) is 54.6 Å². The fraction of sp³-hybridized carbons (Fsp3) is 0.211. The van der Waals surface area contributed by atoms with E-state index >= 15 is 0 Å². The number of benzene rings is 2. The number of carbonyl (C=O) groups is 1. The third kappa shape index (κ3) is 6.10. The van der Waals surface area contributed by atoms with Crippen molar-refractivity contribution in [3.8, 4) is 11.5 Å². The Balaban J connectivity index is 1.87. The van der Waals surface area contributed by atoms with Crippen LogP contribution in [-0.2, 0) is 4.79 Å². The maximum absolute atomic E-state index is 11.8. The Kier molecular flexibility index (Phi) is 6.71. The molecule has 0 radical (unpaired) electrons. The molecular weight excluding hydrogens is 322 g/mol. The lowest BCUT2D eigenvalue weighted by Crippen LogP contribution is -2.03. The molecule has 2 aromatic rings. The van der Waals surface area contributed by atoms with E-state index in [1.165, 1.54) is 24.3 Å². The number of hydrogen-bond acceptors (Lipinski definition) is 5. The van der Waals surface area contributed by atoms with Crippen LogP contribution in [0.5, 0.6) is 11.5 Å². The summed E-state index contributed by atoms with van der Waals surface area (Å²) in [4.78, 5) is 21.9. The minimum absolute atomic E-state index is 0.000900. The van der Waals surface area contributed by atoms with Gasteiger partial charge in [-0.1, -0.05) is 13.3 Å². The number of nitro groups is 1. The molecule has 25 heavy (non-hydrogen) atoms. The molecule has 0 fully saturated rings. The van der Waals surface area contributed by atoms with Gasteiger partial charge in [-0.3, -0.25) is 10.1 Å². The van der Waals surface area contributed by atoms with Crippen LogP contribution in [0.2, 0.25) is 0 Å². The predicted molar refractivity (Wildman–Crippen MR) is 94.6 cm³/mol. The summed E-state index contributed by atoms with van der Waals surface area (Å²) in [6.45, 7) is 2.75. The van der Waals surface area contributed by atoms with Crippen LogP contribution in [0.4, 0.5) is 5.69 Å². The summed E-state index contributed by atoms with van der Waals surface area (Å²) in [7, 11) is 0. The third-order valence-electron chi connectivity index (χ3n) is 3.32. The van der Waals surface area contributed by atoms with Crippen molar-refractivity contribution < 1.29 is 19.2 Å². The number of rotatable bonds is 8. The minimum atomic E-state index is -0.530. The maximum Gasteiger partial charge on any atom is 0.336 e. The number of esters is 1. The molecule has 0 bridgehead atoms. The summed E-state index contributed by atoms with van der Waals surface area (Å²) in [6.07, 6.45) is 4.86. The van der Waals surface area contributed by atoms with Gasteiger partial charge in [0.1, 0.15) is 11.5 Å². The van der Waals surface area contributed by atoms with Crippen LogP contribution in [0, 0.1) is 10.1 Å². The van der Waals surface area contributed by atoms with E-state index in [0.29, 0.717) is 17.9 Å². The van der Waals surface area contributed by atoms with Gasteiger partial charge in [0, 0.05) is 18.2 Å². The second kappa shape index (κ2) is 9.22. The zero-order chi connectivity index (χ0) is 18.1. The fourth-order valence-corrected chi connectivity index (χ4v) is 1.96. The first kappa shape index (κ1) is 18.2. The van der Waals surface area contributed by atoms with E-state index in [1.807, 2.05) is 0 Å². The number of unbranched alkanes of at least 4 members (excludes halogenated alkanes) is 1. The molecule has 130 valence electrons. The van der Waals surface area contributed by atoms with Gasteiger partial charge in [-0.2, -0.15) is 0 Å². The maximum atomic E-state index is 11.8. The zero-order valence-electron chi connectivity index (χ0n) is 13.9. The monoisotopic (exact) mass is 341 g/mol. The lowest BCUT2D eigenvalue weighted by Gasteiger charge is -2.06. The van der Waals surface area contributed by atoms with E-state index in [1.54, 1.807) is 36.4 Å². The van der Waals surface area contributed by atoms with Gasteiger partial charge in [-0.25, -0.2) is 4.79 Å². The molecule has 0 unspecified atom stereocenters. The van der Waals surface area contributed by atoms with Gasteiger partial charge >= 0.3 is 5.97 Å². The van der Waals surface area contributed by atoms with Gasteiger partial charge < -0.3 is 9.47 Å². The van der Waals surface area contributed by atoms with Crippen LogP contribution in [0.3, 0.4) is 0 Å². The van der Waals surface area contributed by atoms with Crippen LogP contribution < -0.4 is 9.47 Å². The minimum Gasteiger partial charge on any atom is -0.494 e. The standard InChI is InChI=1S/C19H19NO5/c1-2-3-14-24-17-9-11-18(12-10-17)25-19(21)13-6-15-4-7-16(8-5-15)20(22)23/h4-13H,2-3,14H2,1H3/b13-6+. The van der Waals surface area contributed by atoms with E-state index in [9.17, 15) is 14.9 Å². The van der Waals surface area contributed by atoms with Gasteiger partial charge in [-0.15, -0.1) is 0 Å². The van der Waals surface area contributed by atoms with Gasteiger partial charge in [0.15, 0.2) is 0 Å². The van der Waals surface area contributed by atoms with Crippen molar-refractivity contribution in [2.75, 3.05) is 6.61 Å². The number of nitro benzene ring substituents is 1. The molecule has 0 heterocycles. The van der Waals surface area contributed by atoms with Gasteiger partial charge in [0.25, 0.3) is 5.69 Å². The average molecular weight is 341 g/mol. The molecule has 0 aliphatic heterocycles. The first-order valence-electron chi connectivity index (χ1n) is 7.95. The topological polar surface area (TPSA) is 78.7 Å². The normalized spacial score (nSPS) is 10.6. The number of hydrogen-bond donors (Lipinski definition) is 0. The Bertz CT molecular complexity index is 735. The number of non-ortho nitro benzene ring substituents is 1. The highest BCUT2D eigenvalue weighted by molar-refractivity contribution is 5.88. The Morgan fingerprint density at radius 3 is 2.32 bits per heavy atom. The van der Waals surface area contributed by atoms with Gasteiger partial charge in [0.05, 0.1) is 11.5 Å². The molecule has 6 nitrogen and oxygen atoms in total. The second-order valence-electron chi connectivity index (χ2n) is 5.28. The fourth-order valence-electron chi connectivity index (χ4n) is 1.96. The first-order valence-corrected chi connectivity index (χ1v) is 7.95. The molecule has 0 aromatic heterocycles. The van der Waals surface area contributed by atoms with Crippen molar-refractivity contribution >= 4 is 17.7 Å². The first-order chi connectivity index (χ1) is 12.1. The van der Waals surface area contributed by atoms with Crippen molar-refractivity contribution in [2.45, 2.75) is 19.8 Å². The van der Waals surface area contributed by atoms with E-state index in [0.717, 1.165) is 18.6 Å². The smallest absolute Gasteiger partial charge is 0.336 e. The molecular formula is C19H19NO5. The number of carbonyl (C=O) groups excluding carboxylic acids is 1. The van der Waals surface area contributed by atoms with Crippen LogP contribution >= 0.6 is 0 Å². The molecule has 0 saturated carbocycles. The molecule has 0 saturated heterocycles. The van der Waals surface area contributed by atoms with Crippen molar-refractivity contribution in [3.05, 3.63) is 70.3 Å². The molecule has 0 spiro atoms. The highest BCUT2D eigenvalue weighted by atomic mass is 16.6. The van der Waals surface area contributed by atoms with Crippen LogP contribution in [-0.4, -0.2) is 17.5 Å². The molecule has 2 rings (SSSR count). The predicted octanol–water partition coefficient (Wildman–Crippen LogP) is 4.39. The molecule has 2 aromatic carbocycles. The molecule has 0 amide bonds. The van der Waals surface area contributed by atoms with Crippen molar-refractivity contribution in [1.82, 2.24) is 0 Å². The third-order valence-corrected chi connectivity index (χ3v) is 3.32. The van der Waals surface area contributed by atoms with Crippen molar-refractivity contribution in [1.29, 1.82) is 0 Å². The molecule has 0 aliphatic carbocycles. The lowest BCUT2D eigenvalue weighted by molar-refractivity contribution is -0.384. The average Bonchev–Trinajstić information content (AvgIpc) is 2.62. The molecule has 0 atom stereocenters. The summed E-state index contributed by atoms with van der Waals surface area (Å²) in [6, 6.07) is 12.7. The number of nitrogens with zero attached hydrogens (tertiary/aromatic N) is 1. The Hall–Kier alpha value is -3.15. The summed E-state index contributed by atoms with van der Waals surface area (Å²) >= 11 is 0. The van der Waals surface area contributed by atoms with E-state index in [4.69, 9.17) is 9.47 Å². The van der Waals surface area contributed by atoms with Crippen LogP contribution in [0.25, 0.3) is 6.08 Å². The highest BCUT2D eigenvalue weighted by Gasteiger charge is 2.04. The molecule has 0 N–H and O–H groups in total. The SMILES string of the molecule is CCCCOc1ccc(OC(=O)/C=C/c2ccc([N+](=O)[O-])cc2)cc1. The Morgan fingerprint density at radius 1 is 1.08 bits per heavy atom. The lowest BCUT2D eigenvalue weighted by atomic mass is 10.2. The molecule has 6 heteroatoms. The second-order valence-corrected chi connectivity index (χ2v) is 5.28.